The number of esters is 1. The van der Waals surface area contributed by atoms with Gasteiger partial charge in [-0.3, -0.25) is 4.79 Å². The van der Waals surface area contributed by atoms with E-state index in [1.54, 1.807) is 0 Å². The first kappa shape index (κ1) is 16.0. The highest BCUT2D eigenvalue weighted by Crippen LogP contribution is 2.47. The van der Waals surface area contributed by atoms with E-state index in [2.05, 4.69) is 4.74 Å². The lowest BCUT2D eigenvalue weighted by atomic mass is 10.0. The van der Waals surface area contributed by atoms with Crippen molar-refractivity contribution in [3.63, 3.8) is 0 Å². The number of ether oxygens (including phenoxy) is 1. The maximum absolute atomic E-state index is 12.8. The normalized spacial score (nSPS) is 13.6. The Bertz CT molecular complexity index is 277. The Labute approximate surface area is 91.7 Å². The predicted octanol–water partition coefficient (Wildman–Crippen LogP) is 2.82. The van der Waals surface area contributed by atoms with Crippen LogP contribution >= 0.6 is 0 Å². The van der Waals surface area contributed by atoms with Gasteiger partial charge >= 0.3 is 23.7 Å². The van der Waals surface area contributed by atoms with Crippen molar-refractivity contribution in [2.75, 3.05) is 13.3 Å². The van der Waals surface area contributed by atoms with Crippen molar-refractivity contribution < 1.29 is 40.3 Å². The van der Waals surface area contributed by atoms with Crippen molar-refractivity contribution in [1.82, 2.24) is 0 Å². The molecule has 2 nitrogen and oxygen atoms in total. The van der Waals surface area contributed by atoms with E-state index in [1.165, 1.54) is 6.92 Å². The Hall–Kier alpha value is -1.02. The summed E-state index contributed by atoms with van der Waals surface area (Å²) in [5, 5.41) is 0. The molecule has 0 bridgehead atoms. The van der Waals surface area contributed by atoms with Crippen LogP contribution in [-0.4, -0.2) is 37.0 Å². The summed E-state index contributed by atoms with van der Waals surface area (Å²) in [5.41, 5.74) is 0. The summed E-state index contributed by atoms with van der Waals surface area (Å²) in [6.45, 7) is -2.12. The van der Waals surface area contributed by atoms with Crippen LogP contribution in [0, 0.1) is 0 Å². The van der Waals surface area contributed by atoms with Crippen LogP contribution in [0.4, 0.5) is 30.7 Å². The summed E-state index contributed by atoms with van der Waals surface area (Å²) >= 11 is 0. The van der Waals surface area contributed by atoms with Crippen LogP contribution in [0.5, 0.6) is 0 Å². The van der Waals surface area contributed by atoms with Gasteiger partial charge in [0.05, 0.1) is 6.61 Å². The van der Waals surface area contributed by atoms with Gasteiger partial charge in [0.25, 0.3) is 0 Å². The molecule has 0 aromatic heterocycles. The lowest BCUT2D eigenvalue weighted by Gasteiger charge is -2.30. The average Bonchev–Trinajstić information content (AvgIpc) is 2.16. The summed E-state index contributed by atoms with van der Waals surface area (Å²) in [5.74, 6) is -18.7. The van der Waals surface area contributed by atoms with E-state index in [0.29, 0.717) is 0 Å². The number of hydrogen-bond donors (Lipinski definition) is 0. The van der Waals surface area contributed by atoms with Crippen molar-refractivity contribution in [2.45, 2.75) is 31.1 Å². The molecule has 0 N–H and O–H groups in total. The molecule has 0 heterocycles. The van der Waals surface area contributed by atoms with E-state index in [9.17, 15) is 35.5 Å². The molecule has 0 amide bonds. The lowest BCUT2D eigenvalue weighted by molar-refractivity contribution is -0.312. The van der Waals surface area contributed by atoms with Crippen LogP contribution in [0.15, 0.2) is 0 Å². The topological polar surface area (TPSA) is 26.3 Å². The number of hydrogen-bond acceptors (Lipinski definition) is 2. The SMILES string of the molecule is CCOC(=O)CC(F)(F)C(F)(F)C(F)(F)CF. The fourth-order valence-corrected chi connectivity index (χ4v) is 0.856. The number of carbonyl (C=O) groups is 1. The second-order valence-electron chi connectivity index (χ2n) is 3.10. The summed E-state index contributed by atoms with van der Waals surface area (Å²) in [7, 11) is 0. The largest absolute Gasteiger partial charge is 0.466 e. The van der Waals surface area contributed by atoms with Crippen molar-refractivity contribution in [3.05, 3.63) is 0 Å². The fraction of sp³-hybridized carbons (Fsp3) is 0.875. The molecule has 0 aromatic carbocycles. The second-order valence-corrected chi connectivity index (χ2v) is 3.10. The van der Waals surface area contributed by atoms with Gasteiger partial charge in [-0.25, -0.2) is 4.39 Å². The molecule has 0 aliphatic rings. The van der Waals surface area contributed by atoms with Crippen molar-refractivity contribution in [2.24, 2.45) is 0 Å². The molecule has 9 heteroatoms. The van der Waals surface area contributed by atoms with E-state index in [4.69, 9.17) is 0 Å². The first-order valence-electron chi connectivity index (χ1n) is 4.37. The van der Waals surface area contributed by atoms with Gasteiger partial charge in [-0.2, -0.15) is 26.3 Å². The molecule has 0 aliphatic carbocycles. The first-order chi connectivity index (χ1) is 7.52. The Balaban J connectivity index is 4.97. The van der Waals surface area contributed by atoms with Gasteiger partial charge in [0.1, 0.15) is 6.42 Å². The zero-order valence-corrected chi connectivity index (χ0v) is 8.58. The minimum absolute atomic E-state index is 0.375. The fourth-order valence-electron chi connectivity index (χ4n) is 0.856. The summed E-state index contributed by atoms with van der Waals surface area (Å²) in [4.78, 5) is 10.5. The molecule has 0 saturated carbocycles. The third-order valence-electron chi connectivity index (χ3n) is 1.76. The highest BCUT2D eigenvalue weighted by Gasteiger charge is 2.72. The van der Waals surface area contributed by atoms with Gasteiger partial charge in [0.15, 0.2) is 6.67 Å². The molecular formula is C8H9F7O2. The third kappa shape index (κ3) is 3.22. The van der Waals surface area contributed by atoms with Gasteiger partial charge in [0, 0.05) is 0 Å². The van der Waals surface area contributed by atoms with Gasteiger partial charge in [0.2, 0.25) is 0 Å². The van der Waals surface area contributed by atoms with E-state index >= 15 is 0 Å². The zero-order valence-electron chi connectivity index (χ0n) is 8.58. The molecule has 17 heavy (non-hydrogen) atoms. The Morgan fingerprint density at radius 2 is 1.53 bits per heavy atom. The number of rotatable bonds is 6. The Morgan fingerprint density at radius 3 is 1.88 bits per heavy atom. The quantitative estimate of drug-likeness (QED) is 0.548. The molecule has 0 atom stereocenters. The Kier molecular flexibility index (Phi) is 4.79. The molecule has 0 radical (unpaired) electrons. The highest BCUT2D eigenvalue weighted by molar-refractivity contribution is 5.70. The maximum atomic E-state index is 12.8. The molecule has 102 valence electrons. The molecule has 0 aromatic rings. The molecule has 0 spiro atoms. The molecule has 0 aliphatic heterocycles. The van der Waals surface area contributed by atoms with Crippen LogP contribution in [-0.2, 0) is 9.53 Å². The van der Waals surface area contributed by atoms with Crippen LogP contribution in [0.2, 0.25) is 0 Å². The van der Waals surface area contributed by atoms with E-state index in [0.717, 1.165) is 0 Å². The molecule has 0 fully saturated rings. The smallest absolute Gasteiger partial charge is 0.375 e. The molecule has 0 saturated heterocycles. The third-order valence-corrected chi connectivity index (χ3v) is 1.76. The zero-order chi connectivity index (χ0) is 13.9. The lowest BCUT2D eigenvalue weighted by Crippen LogP contribution is -2.56. The first-order valence-corrected chi connectivity index (χ1v) is 4.37. The molecule has 0 unspecified atom stereocenters. The standard InChI is InChI=1S/C8H9F7O2/c1-2-17-5(16)3-6(10,11)8(14,15)7(12,13)4-9/h2-4H2,1H3. The van der Waals surface area contributed by atoms with Crippen LogP contribution < -0.4 is 0 Å². The number of carbonyl (C=O) groups excluding carboxylic acids is 1. The summed E-state index contributed by atoms with van der Waals surface area (Å²) in [6.07, 6.45) is -2.25. The van der Waals surface area contributed by atoms with E-state index in [1.807, 2.05) is 0 Å². The number of halogens is 7. The minimum Gasteiger partial charge on any atom is -0.466 e. The maximum Gasteiger partial charge on any atom is 0.375 e. The van der Waals surface area contributed by atoms with Gasteiger partial charge < -0.3 is 4.74 Å². The predicted molar refractivity (Wildman–Crippen MR) is 42.1 cm³/mol. The average molecular weight is 270 g/mol. The van der Waals surface area contributed by atoms with Crippen LogP contribution in [0.25, 0.3) is 0 Å². The van der Waals surface area contributed by atoms with Crippen LogP contribution in [0.3, 0.4) is 0 Å². The van der Waals surface area contributed by atoms with Gasteiger partial charge in [-0.05, 0) is 6.92 Å². The van der Waals surface area contributed by atoms with Gasteiger partial charge in [-0.1, -0.05) is 0 Å². The highest BCUT2D eigenvalue weighted by atomic mass is 19.3. The summed E-state index contributed by atoms with van der Waals surface area (Å²) in [6, 6.07) is 0. The van der Waals surface area contributed by atoms with Crippen LogP contribution in [0.1, 0.15) is 13.3 Å². The minimum atomic E-state index is -5.97. The monoisotopic (exact) mass is 270 g/mol. The molecule has 0 rings (SSSR count). The number of alkyl halides is 7. The van der Waals surface area contributed by atoms with Gasteiger partial charge in [-0.15, -0.1) is 0 Å². The second kappa shape index (κ2) is 5.09. The Morgan fingerprint density at radius 1 is 1.06 bits per heavy atom. The van der Waals surface area contributed by atoms with Crippen molar-refractivity contribution in [1.29, 1.82) is 0 Å². The van der Waals surface area contributed by atoms with Crippen molar-refractivity contribution >= 4 is 5.97 Å². The summed E-state index contributed by atoms with van der Waals surface area (Å²) < 4.78 is 90.9. The van der Waals surface area contributed by atoms with E-state index < -0.39 is 36.8 Å². The van der Waals surface area contributed by atoms with E-state index in [-0.39, 0.29) is 6.61 Å². The molecular weight excluding hydrogens is 261 g/mol. The van der Waals surface area contributed by atoms with Crippen molar-refractivity contribution in [3.8, 4) is 0 Å².